The average molecular weight is 363 g/mol. The highest BCUT2D eigenvalue weighted by Gasteiger charge is 2.27. The number of rotatable bonds is 8. The molecule has 1 aromatic rings. The molecule has 0 saturated carbocycles. The van der Waals surface area contributed by atoms with Gasteiger partial charge in [0, 0.05) is 32.2 Å². The van der Waals surface area contributed by atoms with Gasteiger partial charge in [0.25, 0.3) is 0 Å². The van der Waals surface area contributed by atoms with Gasteiger partial charge in [-0.2, -0.15) is 0 Å². The van der Waals surface area contributed by atoms with Crippen LogP contribution in [0, 0.1) is 12.3 Å². The number of carbonyl (C=O) groups is 1. The van der Waals surface area contributed by atoms with Crippen molar-refractivity contribution >= 4 is 11.9 Å². The number of benzene rings is 1. The molecule has 1 aromatic carbocycles. The van der Waals surface area contributed by atoms with Crippen LogP contribution in [0.15, 0.2) is 23.2 Å². The number of guanidine groups is 1. The molecular formula is C20H34N4O2. The van der Waals surface area contributed by atoms with E-state index in [4.69, 9.17) is 4.74 Å². The second-order valence-corrected chi connectivity index (χ2v) is 7.30. The standard InChI is InChI=1S/C20H34N4O2/c1-8-22-18(25)20(5,6)13-24-19(21-7)23-12-16-10-9-15(4)11-17(16)26-14(2)3/h9-11,14H,8,12-13H2,1-7H3,(H,22,25)(H2,21,23,24). The lowest BCUT2D eigenvalue weighted by Gasteiger charge is -2.25. The minimum atomic E-state index is -0.524. The average Bonchev–Trinajstić information content (AvgIpc) is 2.56. The first-order valence-electron chi connectivity index (χ1n) is 9.18. The van der Waals surface area contributed by atoms with Crippen LogP contribution in [0.3, 0.4) is 0 Å². The number of hydrogen-bond acceptors (Lipinski definition) is 3. The van der Waals surface area contributed by atoms with Crippen LogP contribution in [0.4, 0.5) is 0 Å². The molecular weight excluding hydrogens is 328 g/mol. The first-order chi connectivity index (χ1) is 12.2. The lowest BCUT2D eigenvalue weighted by atomic mass is 9.92. The van der Waals surface area contributed by atoms with Gasteiger partial charge in [-0.05, 0) is 53.2 Å². The quantitative estimate of drug-likeness (QED) is 0.491. The maximum atomic E-state index is 12.1. The molecule has 6 heteroatoms. The van der Waals surface area contributed by atoms with Gasteiger partial charge >= 0.3 is 0 Å². The third-order valence-electron chi connectivity index (χ3n) is 3.91. The Kier molecular flexibility index (Phi) is 8.42. The van der Waals surface area contributed by atoms with Crippen molar-refractivity contribution in [3.8, 4) is 5.75 Å². The minimum Gasteiger partial charge on any atom is -0.491 e. The van der Waals surface area contributed by atoms with E-state index in [0.29, 0.717) is 25.6 Å². The molecule has 0 aromatic heterocycles. The number of nitrogens with zero attached hydrogens (tertiary/aromatic N) is 1. The Bertz CT molecular complexity index is 624. The number of aliphatic imine (C=N–C) groups is 1. The van der Waals surface area contributed by atoms with E-state index in [0.717, 1.165) is 16.9 Å². The third kappa shape index (κ3) is 6.94. The zero-order valence-electron chi connectivity index (χ0n) is 17.2. The SMILES string of the molecule is CCNC(=O)C(C)(C)CNC(=NC)NCc1ccc(C)cc1OC(C)C. The van der Waals surface area contributed by atoms with Gasteiger partial charge in [0.05, 0.1) is 11.5 Å². The van der Waals surface area contributed by atoms with E-state index in [9.17, 15) is 4.79 Å². The Labute approximate surface area is 157 Å². The van der Waals surface area contributed by atoms with Crippen molar-refractivity contribution in [2.75, 3.05) is 20.1 Å². The molecule has 0 bridgehead atoms. The molecule has 146 valence electrons. The van der Waals surface area contributed by atoms with Crippen molar-refractivity contribution in [1.82, 2.24) is 16.0 Å². The van der Waals surface area contributed by atoms with E-state index in [1.54, 1.807) is 7.05 Å². The van der Waals surface area contributed by atoms with Gasteiger partial charge in [0.1, 0.15) is 5.75 Å². The summed E-state index contributed by atoms with van der Waals surface area (Å²) in [5, 5.41) is 9.38. The summed E-state index contributed by atoms with van der Waals surface area (Å²) in [6, 6.07) is 6.18. The Morgan fingerprint density at radius 1 is 1.23 bits per heavy atom. The number of nitrogens with one attached hydrogen (secondary N) is 3. The van der Waals surface area contributed by atoms with Crippen molar-refractivity contribution in [3.05, 3.63) is 29.3 Å². The maximum Gasteiger partial charge on any atom is 0.227 e. The first kappa shape index (κ1) is 21.8. The van der Waals surface area contributed by atoms with E-state index in [-0.39, 0.29) is 12.0 Å². The van der Waals surface area contributed by atoms with Gasteiger partial charge in [-0.3, -0.25) is 9.79 Å². The summed E-state index contributed by atoms with van der Waals surface area (Å²) < 4.78 is 5.91. The fraction of sp³-hybridized carbons (Fsp3) is 0.600. The van der Waals surface area contributed by atoms with Crippen LogP contribution in [0.25, 0.3) is 0 Å². The fourth-order valence-corrected chi connectivity index (χ4v) is 2.36. The summed E-state index contributed by atoms with van der Waals surface area (Å²) in [6.45, 7) is 13.5. The van der Waals surface area contributed by atoms with E-state index in [1.165, 1.54) is 0 Å². The summed E-state index contributed by atoms with van der Waals surface area (Å²) in [6.07, 6.45) is 0.117. The van der Waals surface area contributed by atoms with Gasteiger partial charge in [0.15, 0.2) is 5.96 Å². The van der Waals surface area contributed by atoms with Crippen molar-refractivity contribution in [2.45, 2.75) is 54.2 Å². The van der Waals surface area contributed by atoms with Crippen LogP contribution in [-0.4, -0.2) is 38.1 Å². The molecule has 0 unspecified atom stereocenters. The predicted octanol–water partition coefficient (Wildman–Crippen LogP) is 2.61. The molecule has 0 aliphatic carbocycles. The molecule has 1 amide bonds. The van der Waals surface area contributed by atoms with Gasteiger partial charge in [-0.25, -0.2) is 0 Å². The zero-order valence-corrected chi connectivity index (χ0v) is 17.2. The highest BCUT2D eigenvalue weighted by atomic mass is 16.5. The van der Waals surface area contributed by atoms with Crippen molar-refractivity contribution < 1.29 is 9.53 Å². The normalized spacial score (nSPS) is 12.1. The van der Waals surface area contributed by atoms with Crippen molar-refractivity contribution in [1.29, 1.82) is 0 Å². The molecule has 0 radical (unpaired) electrons. The summed E-state index contributed by atoms with van der Waals surface area (Å²) in [5.41, 5.74) is 1.70. The lowest BCUT2D eigenvalue weighted by Crippen LogP contribution is -2.47. The molecule has 0 aliphatic heterocycles. The zero-order chi connectivity index (χ0) is 19.7. The van der Waals surface area contributed by atoms with E-state index in [1.807, 2.05) is 47.6 Å². The van der Waals surface area contributed by atoms with Crippen molar-refractivity contribution in [2.24, 2.45) is 10.4 Å². The van der Waals surface area contributed by atoms with E-state index >= 15 is 0 Å². The molecule has 3 N–H and O–H groups in total. The van der Waals surface area contributed by atoms with Crippen LogP contribution in [0.1, 0.15) is 45.7 Å². The third-order valence-corrected chi connectivity index (χ3v) is 3.91. The van der Waals surface area contributed by atoms with Crippen LogP contribution in [-0.2, 0) is 11.3 Å². The van der Waals surface area contributed by atoms with Crippen LogP contribution in [0.5, 0.6) is 5.75 Å². The Morgan fingerprint density at radius 3 is 2.50 bits per heavy atom. The minimum absolute atomic E-state index is 0.0223. The summed E-state index contributed by atoms with van der Waals surface area (Å²) in [7, 11) is 1.72. The monoisotopic (exact) mass is 362 g/mol. The second-order valence-electron chi connectivity index (χ2n) is 7.30. The van der Waals surface area contributed by atoms with E-state index in [2.05, 4.69) is 33.1 Å². The number of carbonyl (C=O) groups excluding carboxylic acids is 1. The molecule has 0 heterocycles. The Balaban J connectivity index is 2.69. The number of hydrogen-bond donors (Lipinski definition) is 3. The molecule has 26 heavy (non-hydrogen) atoms. The Hall–Kier alpha value is -2.24. The van der Waals surface area contributed by atoms with Gasteiger partial charge in [-0.1, -0.05) is 12.1 Å². The maximum absolute atomic E-state index is 12.1. The van der Waals surface area contributed by atoms with Gasteiger partial charge in [0.2, 0.25) is 5.91 Å². The summed E-state index contributed by atoms with van der Waals surface area (Å²) in [4.78, 5) is 16.3. The van der Waals surface area contributed by atoms with Crippen LogP contribution >= 0.6 is 0 Å². The molecule has 0 aliphatic rings. The first-order valence-corrected chi connectivity index (χ1v) is 9.18. The fourth-order valence-electron chi connectivity index (χ4n) is 2.36. The topological polar surface area (TPSA) is 74.8 Å². The lowest BCUT2D eigenvalue weighted by molar-refractivity contribution is -0.128. The van der Waals surface area contributed by atoms with Gasteiger partial charge < -0.3 is 20.7 Å². The smallest absolute Gasteiger partial charge is 0.227 e. The van der Waals surface area contributed by atoms with Crippen LogP contribution in [0.2, 0.25) is 0 Å². The highest BCUT2D eigenvalue weighted by molar-refractivity contribution is 5.84. The van der Waals surface area contributed by atoms with Gasteiger partial charge in [-0.15, -0.1) is 0 Å². The molecule has 0 saturated heterocycles. The molecule has 0 fully saturated rings. The largest absolute Gasteiger partial charge is 0.491 e. The molecule has 6 nitrogen and oxygen atoms in total. The predicted molar refractivity (Wildman–Crippen MR) is 108 cm³/mol. The second kappa shape index (κ2) is 10.0. The van der Waals surface area contributed by atoms with Crippen molar-refractivity contribution in [3.63, 3.8) is 0 Å². The number of aryl methyl sites for hydroxylation is 1. The molecule has 0 atom stereocenters. The molecule has 0 spiro atoms. The Morgan fingerprint density at radius 2 is 1.92 bits per heavy atom. The van der Waals surface area contributed by atoms with E-state index < -0.39 is 5.41 Å². The van der Waals surface area contributed by atoms with Crippen LogP contribution < -0.4 is 20.7 Å². The number of ether oxygens (including phenoxy) is 1. The number of amides is 1. The summed E-state index contributed by atoms with van der Waals surface area (Å²) in [5.74, 6) is 1.55. The summed E-state index contributed by atoms with van der Waals surface area (Å²) >= 11 is 0. The highest BCUT2D eigenvalue weighted by Crippen LogP contribution is 2.21. The molecule has 1 rings (SSSR count).